The number of halogens is 1. The molecule has 1 saturated heterocycles. The van der Waals surface area contributed by atoms with E-state index in [-0.39, 0.29) is 18.2 Å². The van der Waals surface area contributed by atoms with Gasteiger partial charge in [0.25, 0.3) is 5.91 Å². The lowest BCUT2D eigenvalue weighted by atomic mass is 9.97. The average molecular weight is 588 g/mol. The third-order valence-electron chi connectivity index (χ3n) is 5.40. The van der Waals surface area contributed by atoms with Crippen LogP contribution in [0.2, 0.25) is 0 Å². The first kappa shape index (κ1) is 25.3. The van der Waals surface area contributed by atoms with Gasteiger partial charge in [0.2, 0.25) is 5.91 Å². The lowest BCUT2D eigenvalue weighted by Gasteiger charge is -2.49. The second kappa shape index (κ2) is 10.3. The zero-order valence-corrected chi connectivity index (χ0v) is 21.3. The molecular weight excluding hydrogens is 563 g/mol. The van der Waals surface area contributed by atoms with Crippen LogP contribution in [0.4, 0.5) is 4.79 Å². The molecule has 178 valence electrons. The molecule has 0 radical (unpaired) electrons. The Morgan fingerprint density at radius 2 is 2.03 bits per heavy atom. The SMILES string of the molecule is COC(=O)C1=C(COC(N)=O)CS[C@H]2C(NC(=O)C(N)c3ccc(I)c(C(C)C)c3)C(=O)N12. The molecule has 10 nitrogen and oxygen atoms in total. The van der Waals surface area contributed by atoms with Crippen molar-refractivity contribution in [3.8, 4) is 0 Å². The van der Waals surface area contributed by atoms with E-state index in [0.29, 0.717) is 16.9 Å². The van der Waals surface area contributed by atoms with E-state index in [0.717, 1.165) is 9.13 Å². The Morgan fingerprint density at radius 3 is 2.64 bits per heavy atom. The molecule has 0 aromatic heterocycles. The van der Waals surface area contributed by atoms with Gasteiger partial charge in [0.15, 0.2) is 0 Å². The van der Waals surface area contributed by atoms with Crippen molar-refractivity contribution < 1.29 is 28.7 Å². The quantitative estimate of drug-likeness (QED) is 0.245. The van der Waals surface area contributed by atoms with Gasteiger partial charge < -0.3 is 26.3 Å². The highest BCUT2D eigenvalue weighted by atomic mass is 127. The number of fused-ring (bicyclic) bond motifs is 1. The number of esters is 1. The Labute approximate surface area is 208 Å². The summed E-state index contributed by atoms with van der Waals surface area (Å²) >= 11 is 3.57. The molecule has 2 aliphatic heterocycles. The van der Waals surface area contributed by atoms with Crippen LogP contribution in [0.15, 0.2) is 29.5 Å². The molecule has 12 heteroatoms. The van der Waals surface area contributed by atoms with E-state index in [9.17, 15) is 19.2 Å². The number of carbonyl (C=O) groups is 4. The van der Waals surface area contributed by atoms with Crippen LogP contribution in [0.3, 0.4) is 0 Å². The topological polar surface area (TPSA) is 154 Å². The van der Waals surface area contributed by atoms with Gasteiger partial charge in [-0.25, -0.2) is 9.59 Å². The van der Waals surface area contributed by atoms with Crippen LogP contribution in [0, 0.1) is 3.57 Å². The predicted octanol–water partition coefficient (Wildman–Crippen LogP) is 1.34. The minimum atomic E-state index is -0.996. The minimum Gasteiger partial charge on any atom is -0.464 e. The molecule has 3 rings (SSSR count). The Bertz CT molecular complexity index is 1030. The molecule has 0 saturated carbocycles. The summed E-state index contributed by atoms with van der Waals surface area (Å²) in [5.41, 5.74) is 13.3. The predicted molar refractivity (Wildman–Crippen MR) is 130 cm³/mol. The number of amides is 3. The maximum atomic E-state index is 12.9. The largest absolute Gasteiger partial charge is 0.464 e. The van der Waals surface area contributed by atoms with E-state index in [1.165, 1.54) is 23.8 Å². The summed E-state index contributed by atoms with van der Waals surface area (Å²) in [5, 5.41) is 2.20. The third kappa shape index (κ3) is 5.11. The van der Waals surface area contributed by atoms with Crippen LogP contribution in [-0.2, 0) is 23.9 Å². The highest BCUT2D eigenvalue weighted by Gasteiger charge is 2.54. The normalized spacial score (nSPS) is 20.7. The molecule has 3 amide bonds. The van der Waals surface area contributed by atoms with Crippen molar-refractivity contribution in [2.24, 2.45) is 11.5 Å². The first-order chi connectivity index (χ1) is 15.6. The summed E-state index contributed by atoms with van der Waals surface area (Å²) in [6.45, 7) is 3.88. The molecule has 33 heavy (non-hydrogen) atoms. The number of methoxy groups -OCH3 is 1. The van der Waals surface area contributed by atoms with E-state index in [2.05, 4.69) is 41.8 Å². The van der Waals surface area contributed by atoms with Crippen LogP contribution >= 0.6 is 34.4 Å². The smallest absolute Gasteiger partial charge is 0.404 e. The standard InChI is InChI=1S/C21H25IN4O6S/c1-9(2)12-6-10(4-5-13(12)22)14(23)17(27)25-15-18(28)26-16(20(29)31-3)11(7-32-21(24)30)8-33-19(15)26/h4-6,9,14-15,19H,7-8,23H2,1-3H3,(H2,24,30)(H,25,27)/t14?,15?,19-/m0/s1. The summed E-state index contributed by atoms with van der Waals surface area (Å²) < 4.78 is 10.7. The summed E-state index contributed by atoms with van der Waals surface area (Å²) in [5.74, 6) is -1.15. The Kier molecular flexibility index (Phi) is 7.90. The summed E-state index contributed by atoms with van der Waals surface area (Å²) in [6, 6.07) is 3.81. The number of benzene rings is 1. The number of nitrogens with one attached hydrogen (secondary N) is 1. The maximum absolute atomic E-state index is 12.9. The monoisotopic (exact) mass is 588 g/mol. The highest BCUT2D eigenvalue weighted by molar-refractivity contribution is 14.1. The molecule has 1 aromatic carbocycles. The van der Waals surface area contributed by atoms with Gasteiger partial charge in [-0.2, -0.15) is 0 Å². The van der Waals surface area contributed by atoms with Gasteiger partial charge in [-0.3, -0.25) is 14.5 Å². The second-order valence-corrected chi connectivity index (χ2v) is 10.1. The maximum Gasteiger partial charge on any atom is 0.404 e. The van der Waals surface area contributed by atoms with Crippen LogP contribution in [0.5, 0.6) is 0 Å². The lowest BCUT2D eigenvalue weighted by Crippen LogP contribution is -2.71. The summed E-state index contributed by atoms with van der Waals surface area (Å²) in [6.07, 6.45) is -0.996. The molecule has 0 aliphatic carbocycles. The van der Waals surface area contributed by atoms with E-state index in [1.807, 2.05) is 12.1 Å². The van der Waals surface area contributed by atoms with E-state index in [1.54, 1.807) is 6.07 Å². The summed E-state index contributed by atoms with van der Waals surface area (Å²) in [4.78, 5) is 50.3. The molecule has 1 fully saturated rings. The van der Waals surface area contributed by atoms with Crippen molar-refractivity contribution in [2.45, 2.75) is 37.2 Å². The van der Waals surface area contributed by atoms with Crippen LogP contribution < -0.4 is 16.8 Å². The van der Waals surface area contributed by atoms with E-state index >= 15 is 0 Å². The molecule has 3 atom stereocenters. The van der Waals surface area contributed by atoms with Crippen LogP contribution in [-0.4, -0.2) is 59.7 Å². The van der Waals surface area contributed by atoms with Crippen molar-refractivity contribution in [2.75, 3.05) is 19.5 Å². The minimum absolute atomic E-state index is 0.00140. The highest BCUT2D eigenvalue weighted by Crippen LogP contribution is 2.41. The zero-order valence-electron chi connectivity index (χ0n) is 18.3. The first-order valence-corrected chi connectivity index (χ1v) is 12.2. The number of nitrogens with two attached hydrogens (primary N) is 2. The van der Waals surface area contributed by atoms with Crippen molar-refractivity contribution in [1.29, 1.82) is 0 Å². The van der Waals surface area contributed by atoms with Crippen molar-refractivity contribution in [3.63, 3.8) is 0 Å². The van der Waals surface area contributed by atoms with E-state index in [4.69, 9.17) is 20.9 Å². The molecule has 2 aliphatic rings. The molecule has 5 N–H and O–H groups in total. The van der Waals surface area contributed by atoms with Gasteiger partial charge >= 0.3 is 12.1 Å². The summed E-state index contributed by atoms with van der Waals surface area (Å²) in [7, 11) is 1.19. The molecule has 2 heterocycles. The zero-order chi connectivity index (χ0) is 24.4. The van der Waals surface area contributed by atoms with E-state index < -0.39 is 41.3 Å². The molecule has 0 spiro atoms. The number of thioether (sulfide) groups is 1. The first-order valence-electron chi connectivity index (χ1n) is 10.1. The van der Waals surface area contributed by atoms with Crippen molar-refractivity contribution in [1.82, 2.24) is 10.2 Å². The number of hydrogen-bond acceptors (Lipinski definition) is 8. The fourth-order valence-corrected chi connectivity index (χ4v) is 5.92. The third-order valence-corrected chi connectivity index (χ3v) is 7.72. The van der Waals surface area contributed by atoms with Crippen LogP contribution in [0.25, 0.3) is 0 Å². The molecule has 2 unspecified atom stereocenters. The van der Waals surface area contributed by atoms with Gasteiger partial charge in [0.1, 0.15) is 29.8 Å². The molecule has 1 aromatic rings. The van der Waals surface area contributed by atoms with Crippen molar-refractivity contribution in [3.05, 3.63) is 44.2 Å². The average Bonchev–Trinajstić information content (AvgIpc) is 2.79. The van der Waals surface area contributed by atoms with Crippen LogP contribution in [0.1, 0.15) is 36.9 Å². The fraction of sp³-hybridized carbons (Fsp3) is 0.429. The van der Waals surface area contributed by atoms with Gasteiger partial charge in [-0.15, -0.1) is 11.8 Å². The number of nitrogens with zero attached hydrogens (tertiary/aromatic N) is 1. The Hall–Kier alpha value is -2.32. The number of rotatable bonds is 7. The second-order valence-electron chi connectivity index (χ2n) is 7.86. The van der Waals surface area contributed by atoms with Crippen molar-refractivity contribution >= 4 is 58.2 Å². The number of hydrogen-bond donors (Lipinski definition) is 3. The van der Waals surface area contributed by atoms with Gasteiger partial charge in [-0.1, -0.05) is 26.0 Å². The van der Waals surface area contributed by atoms with Gasteiger partial charge in [-0.05, 0) is 45.7 Å². The molecule has 0 bridgehead atoms. The molecular formula is C21H25IN4O6S. The Morgan fingerprint density at radius 1 is 1.33 bits per heavy atom. The Balaban J connectivity index is 1.75. The lowest BCUT2D eigenvalue weighted by molar-refractivity contribution is -0.152. The fourth-order valence-electron chi connectivity index (χ4n) is 3.63. The number of carbonyl (C=O) groups excluding carboxylic acids is 4. The number of β-lactam (4-membered cyclic amide) rings is 1. The van der Waals surface area contributed by atoms with Gasteiger partial charge in [0.05, 0.1) is 7.11 Å². The van der Waals surface area contributed by atoms with Gasteiger partial charge in [0, 0.05) is 14.9 Å². The number of primary amides is 1. The number of ether oxygens (including phenoxy) is 2.